The Morgan fingerprint density at radius 3 is 3.00 bits per heavy atom. The van der Waals surface area contributed by atoms with E-state index in [4.69, 9.17) is 14.5 Å². The number of benzene rings is 1. The number of thiazole rings is 1. The molecule has 4 rings (SSSR count). The maximum atomic E-state index is 12.6. The normalized spacial score (nSPS) is 13.4. The SMILES string of the molecule is COCCNCCC(=O)Nc1sc2c(c1-c1nc3c(OC)cccc3s1)CCNC2. The molecule has 1 aliphatic heterocycles. The molecule has 0 aliphatic carbocycles. The van der Waals surface area contributed by atoms with Gasteiger partial charge in [-0.05, 0) is 30.7 Å². The average Bonchev–Trinajstić information content (AvgIpc) is 3.33. The summed E-state index contributed by atoms with van der Waals surface area (Å²) in [6, 6.07) is 5.97. The highest BCUT2D eigenvalue weighted by molar-refractivity contribution is 7.23. The van der Waals surface area contributed by atoms with E-state index in [1.165, 1.54) is 10.4 Å². The fraction of sp³-hybridized carbons (Fsp3) is 0.429. The van der Waals surface area contributed by atoms with E-state index in [2.05, 4.69) is 22.0 Å². The van der Waals surface area contributed by atoms with Gasteiger partial charge in [-0.1, -0.05) is 6.07 Å². The number of fused-ring (bicyclic) bond motifs is 2. The van der Waals surface area contributed by atoms with Gasteiger partial charge in [0.05, 0.1) is 18.4 Å². The Morgan fingerprint density at radius 1 is 1.27 bits per heavy atom. The van der Waals surface area contributed by atoms with Gasteiger partial charge in [-0.3, -0.25) is 4.79 Å². The second kappa shape index (κ2) is 9.84. The van der Waals surface area contributed by atoms with Crippen LogP contribution in [0, 0.1) is 0 Å². The van der Waals surface area contributed by atoms with Crippen molar-refractivity contribution in [2.24, 2.45) is 0 Å². The molecule has 0 bridgehead atoms. The first-order valence-corrected chi connectivity index (χ1v) is 11.6. The first-order chi connectivity index (χ1) is 14.7. The molecule has 30 heavy (non-hydrogen) atoms. The van der Waals surface area contributed by atoms with E-state index in [-0.39, 0.29) is 5.91 Å². The number of nitrogens with zero attached hydrogens (tertiary/aromatic N) is 1. The Hall–Kier alpha value is -2.04. The highest BCUT2D eigenvalue weighted by atomic mass is 32.1. The van der Waals surface area contributed by atoms with Crippen LogP contribution >= 0.6 is 22.7 Å². The van der Waals surface area contributed by atoms with Gasteiger partial charge in [-0.15, -0.1) is 22.7 Å². The molecule has 0 saturated heterocycles. The summed E-state index contributed by atoms with van der Waals surface area (Å²) >= 11 is 3.30. The van der Waals surface area contributed by atoms with E-state index < -0.39 is 0 Å². The molecule has 0 unspecified atom stereocenters. The minimum absolute atomic E-state index is 0.00594. The van der Waals surface area contributed by atoms with E-state index in [0.717, 1.165) is 57.6 Å². The second-order valence-electron chi connectivity index (χ2n) is 7.00. The van der Waals surface area contributed by atoms with Crippen LogP contribution in [0.3, 0.4) is 0 Å². The molecule has 1 aliphatic rings. The summed E-state index contributed by atoms with van der Waals surface area (Å²) in [5.41, 5.74) is 3.24. The Labute approximate surface area is 183 Å². The van der Waals surface area contributed by atoms with Crippen molar-refractivity contribution in [2.75, 3.05) is 45.8 Å². The van der Waals surface area contributed by atoms with Crippen molar-refractivity contribution in [3.8, 4) is 16.3 Å². The van der Waals surface area contributed by atoms with Crippen molar-refractivity contribution in [3.05, 3.63) is 28.6 Å². The molecule has 0 atom stereocenters. The van der Waals surface area contributed by atoms with Gasteiger partial charge in [-0.2, -0.15) is 0 Å². The van der Waals surface area contributed by atoms with Crippen LogP contribution in [0.5, 0.6) is 5.75 Å². The molecule has 0 radical (unpaired) electrons. The van der Waals surface area contributed by atoms with Gasteiger partial charge in [0.2, 0.25) is 5.91 Å². The van der Waals surface area contributed by atoms with Gasteiger partial charge in [0.15, 0.2) is 0 Å². The fourth-order valence-electron chi connectivity index (χ4n) is 3.53. The number of ether oxygens (including phenoxy) is 2. The number of thiophene rings is 1. The van der Waals surface area contributed by atoms with Crippen LogP contribution in [0.2, 0.25) is 0 Å². The lowest BCUT2D eigenvalue weighted by molar-refractivity contribution is -0.116. The number of rotatable bonds is 9. The van der Waals surface area contributed by atoms with Gasteiger partial charge < -0.3 is 25.4 Å². The lowest BCUT2D eigenvalue weighted by Gasteiger charge is -2.13. The van der Waals surface area contributed by atoms with Crippen LogP contribution < -0.4 is 20.7 Å². The predicted molar refractivity (Wildman–Crippen MR) is 123 cm³/mol. The lowest BCUT2D eigenvalue weighted by atomic mass is 10.0. The summed E-state index contributed by atoms with van der Waals surface area (Å²) in [5, 5.41) is 11.6. The largest absolute Gasteiger partial charge is 0.494 e. The third kappa shape index (κ3) is 4.50. The first-order valence-electron chi connectivity index (χ1n) is 10.00. The Morgan fingerprint density at radius 2 is 2.17 bits per heavy atom. The molecule has 0 spiro atoms. The van der Waals surface area contributed by atoms with Crippen LogP contribution in [0.15, 0.2) is 18.2 Å². The number of hydrogen-bond donors (Lipinski definition) is 3. The third-order valence-corrected chi connectivity index (χ3v) is 7.19. The van der Waals surface area contributed by atoms with Crippen molar-refractivity contribution in [1.29, 1.82) is 0 Å². The lowest BCUT2D eigenvalue weighted by Crippen LogP contribution is -2.24. The zero-order valence-corrected chi connectivity index (χ0v) is 18.8. The Balaban J connectivity index is 1.61. The van der Waals surface area contributed by atoms with Gasteiger partial charge >= 0.3 is 0 Å². The van der Waals surface area contributed by atoms with Crippen molar-refractivity contribution >= 4 is 43.8 Å². The number of nitrogens with one attached hydrogen (secondary N) is 3. The molecular weight excluding hydrogens is 420 g/mol. The molecule has 1 amide bonds. The number of aromatic nitrogens is 1. The number of carbonyl (C=O) groups excluding carboxylic acids is 1. The second-order valence-corrected chi connectivity index (χ2v) is 9.14. The van der Waals surface area contributed by atoms with Gasteiger partial charge in [0.25, 0.3) is 0 Å². The number of para-hydroxylation sites is 1. The summed E-state index contributed by atoms with van der Waals surface area (Å²) < 4.78 is 11.6. The summed E-state index contributed by atoms with van der Waals surface area (Å²) in [7, 11) is 3.33. The Kier molecular flexibility index (Phi) is 6.96. The minimum atomic E-state index is 0.00594. The molecule has 2 aromatic heterocycles. The van der Waals surface area contributed by atoms with Crippen LogP contribution in [0.4, 0.5) is 5.00 Å². The smallest absolute Gasteiger partial charge is 0.226 e. The molecule has 3 N–H and O–H groups in total. The standard InChI is InChI=1S/C21H26N4O3S2/c1-27-11-10-22-9-7-17(26)24-20-18(13-6-8-23-12-16(13)30-20)21-25-19-14(28-2)4-3-5-15(19)29-21/h3-5,22-23H,6-12H2,1-2H3,(H,24,26). The quantitative estimate of drug-likeness (QED) is 0.438. The van der Waals surface area contributed by atoms with E-state index in [0.29, 0.717) is 19.6 Å². The molecule has 7 nitrogen and oxygen atoms in total. The number of anilines is 1. The summed E-state index contributed by atoms with van der Waals surface area (Å²) in [5.74, 6) is 0.778. The molecule has 0 fully saturated rings. The molecule has 3 heterocycles. The third-order valence-electron chi connectivity index (χ3n) is 5.01. The van der Waals surface area contributed by atoms with E-state index in [9.17, 15) is 4.79 Å². The van der Waals surface area contributed by atoms with Crippen molar-refractivity contribution in [1.82, 2.24) is 15.6 Å². The van der Waals surface area contributed by atoms with Gasteiger partial charge in [-0.25, -0.2) is 4.98 Å². The van der Waals surface area contributed by atoms with Gasteiger partial charge in [0.1, 0.15) is 21.3 Å². The number of amides is 1. The number of carbonyl (C=O) groups is 1. The minimum Gasteiger partial charge on any atom is -0.494 e. The van der Waals surface area contributed by atoms with E-state index >= 15 is 0 Å². The number of methoxy groups -OCH3 is 2. The predicted octanol–water partition coefficient (Wildman–Crippen LogP) is 3.24. The maximum Gasteiger partial charge on any atom is 0.226 e. The highest BCUT2D eigenvalue weighted by Gasteiger charge is 2.25. The van der Waals surface area contributed by atoms with Crippen molar-refractivity contribution in [2.45, 2.75) is 19.4 Å². The molecule has 160 valence electrons. The fourth-order valence-corrected chi connectivity index (χ4v) is 5.90. The molecule has 3 aromatic rings. The summed E-state index contributed by atoms with van der Waals surface area (Å²) in [6.45, 7) is 3.76. The summed E-state index contributed by atoms with van der Waals surface area (Å²) in [6.07, 6.45) is 1.35. The molecular formula is C21H26N4O3S2. The zero-order chi connectivity index (χ0) is 20.9. The number of hydrogen-bond acceptors (Lipinski definition) is 8. The molecule has 9 heteroatoms. The van der Waals surface area contributed by atoms with Crippen molar-refractivity contribution < 1.29 is 14.3 Å². The topological polar surface area (TPSA) is 84.5 Å². The summed E-state index contributed by atoms with van der Waals surface area (Å²) in [4.78, 5) is 18.8. The first kappa shape index (κ1) is 21.2. The average molecular weight is 447 g/mol. The molecule has 0 saturated carbocycles. The molecule has 1 aromatic carbocycles. The Bertz CT molecular complexity index is 1030. The van der Waals surface area contributed by atoms with Crippen LogP contribution in [0.1, 0.15) is 16.9 Å². The zero-order valence-electron chi connectivity index (χ0n) is 17.2. The van der Waals surface area contributed by atoms with Crippen LogP contribution in [-0.2, 0) is 22.5 Å². The maximum absolute atomic E-state index is 12.6. The van der Waals surface area contributed by atoms with Crippen LogP contribution in [0.25, 0.3) is 20.8 Å². The van der Waals surface area contributed by atoms with Crippen LogP contribution in [-0.4, -0.2) is 51.4 Å². The van der Waals surface area contributed by atoms with E-state index in [1.54, 1.807) is 36.9 Å². The monoisotopic (exact) mass is 446 g/mol. The van der Waals surface area contributed by atoms with Crippen molar-refractivity contribution in [3.63, 3.8) is 0 Å². The van der Waals surface area contributed by atoms with E-state index in [1.807, 2.05) is 12.1 Å². The highest BCUT2D eigenvalue weighted by Crippen LogP contribution is 2.45. The van der Waals surface area contributed by atoms with Gasteiger partial charge in [0, 0.05) is 43.6 Å².